The molecule has 6 nitrogen and oxygen atoms in total. The number of amides is 1. The number of carbonyl (C=O) groups is 2. The van der Waals surface area contributed by atoms with Crippen LogP contribution in [0.5, 0.6) is 0 Å². The van der Waals surface area contributed by atoms with Crippen molar-refractivity contribution in [1.82, 2.24) is 9.38 Å². The molecule has 3 aromatic heterocycles. The van der Waals surface area contributed by atoms with Gasteiger partial charge in [0.15, 0.2) is 10.1 Å². The van der Waals surface area contributed by atoms with Crippen molar-refractivity contribution >= 4 is 62.2 Å². The molecule has 3 aromatic rings. The second-order valence-electron chi connectivity index (χ2n) is 5.37. The van der Waals surface area contributed by atoms with Crippen LogP contribution in [0.4, 0.5) is 5.00 Å². The summed E-state index contributed by atoms with van der Waals surface area (Å²) in [5.41, 5.74) is 1.84. The lowest BCUT2D eigenvalue weighted by atomic mass is 10.1. The fraction of sp³-hybridized carbons (Fsp3) is 0.235. The van der Waals surface area contributed by atoms with Gasteiger partial charge in [0, 0.05) is 22.5 Å². The fourth-order valence-electron chi connectivity index (χ4n) is 2.40. The molecular weight excluding hydrogens is 394 g/mol. The zero-order chi connectivity index (χ0) is 18.8. The Hall–Kier alpha value is -2.16. The van der Waals surface area contributed by atoms with Crippen LogP contribution in [0.3, 0.4) is 0 Å². The summed E-state index contributed by atoms with van der Waals surface area (Å²) in [4.78, 5) is 30.4. The number of carbonyl (C=O) groups excluding carboxylic acids is 2. The van der Waals surface area contributed by atoms with E-state index in [1.165, 1.54) is 28.7 Å². The van der Waals surface area contributed by atoms with Crippen LogP contribution in [0, 0.1) is 13.8 Å². The first kappa shape index (κ1) is 18.6. The topological polar surface area (TPSA) is 72.7 Å². The molecule has 3 rings (SSSR count). The number of imidazole rings is 1. The van der Waals surface area contributed by atoms with Crippen LogP contribution in [0.2, 0.25) is 5.15 Å². The van der Waals surface area contributed by atoms with E-state index in [-0.39, 0.29) is 12.5 Å². The number of thiazole rings is 1. The second-order valence-corrected chi connectivity index (χ2v) is 7.83. The van der Waals surface area contributed by atoms with Crippen LogP contribution in [0.1, 0.15) is 33.4 Å². The average Bonchev–Trinajstić information content (AvgIpc) is 3.21. The van der Waals surface area contributed by atoms with Crippen LogP contribution in [0.15, 0.2) is 17.7 Å². The van der Waals surface area contributed by atoms with E-state index in [1.807, 2.05) is 25.4 Å². The van der Waals surface area contributed by atoms with Crippen LogP contribution < -0.4 is 5.32 Å². The quantitative estimate of drug-likeness (QED) is 0.495. The molecule has 0 fully saturated rings. The molecule has 0 aliphatic carbocycles. The van der Waals surface area contributed by atoms with Gasteiger partial charge in [0.25, 0.3) is 0 Å². The second kappa shape index (κ2) is 7.61. The van der Waals surface area contributed by atoms with Gasteiger partial charge >= 0.3 is 5.97 Å². The van der Waals surface area contributed by atoms with Crippen molar-refractivity contribution in [3.05, 3.63) is 44.5 Å². The lowest BCUT2D eigenvalue weighted by Crippen LogP contribution is -2.12. The zero-order valence-corrected chi connectivity index (χ0v) is 16.7. The molecule has 0 spiro atoms. The highest BCUT2D eigenvalue weighted by Crippen LogP contribution is 2.33. The number of hydrogen-bond donors (Lipinski definition) is 1. The molecule has 0 aromatic carbocycles. The first-order chi connectivity index (χ1) is 12.4. The van der Waals surface area contributed by atoms with Gasteiger partial charge in [-0.05, 0) is 32.4 Å². The molecule has 0 unspecified atom stereocenters. The Kier molecular flexibility index (Phi) is 5.45. The molecule has 0 aliphatic heterocycles. The minimum absolute atomic E-state index is 0.275. The molecule has 0 atom stereocenters. The number of esters is 1. The highest BCUT2D eigenvalue weighted by molar-refractivity contribution is 7.17. The molecule has 0 saturated heterocycles. The van der Waals surface area contributed by atoms with Crippen molar-refractivity contribution in [3.8, 4) is 0 Å². The molecular formula is C17H16ClN3O3S2. The smallest absolute Gasteiger partial charge is 0.341 e. The fourth-order valence-corrected chi connectivity index (χ4v) is 4.45. The van der Waals surface area contributed by atoms with Gasteiger partial charge in [-0.3, -0.25) is 9.20 Å². The number of ether oxygens (including phenoxy) is 1. The molecule has 0 saturated carbocycles. The lowest BCUT2D eigenvalue weighted by molar-refractivity contribution is -0.111. The minimum atomic E-state index is -0.438. The number of aromatic nitrogens is 2. The molecule has 0 aliphatic rings. The number of rotatable bonds is 5. The summed E-state index contributed by atoms with van der Waals surface area (Å²) in [6.45, 7) is 5.75. The van der Waals surface area contributed by atoms with E-state index in [9.17, 15) is 9.59 Å². The Balaban J connectivity index is 1.82. The van der Waals surface area contributed by atoms with Gasteiger partial charge in [-0.25, -0.2) is 9.78 Å². The van der Waals surface area contributed by atoms with Crippen molar-refractivity contribution in [2.24, 2.45) is 0 Å². The monoisotopic (exact) mass is 409 g/mol. The SMILES string of the molecule is CCOC(=O)c1c(NC(=O)/C=C/c2c(Cl)nc3sccn23)sc(C)c1C. The van der Waals surface area contributed by atoms with Crippen LogP contribution >= 0.6 is 34.3 Å². The van der Waals surface area contributed by atoms with E-state index in [0.29, 0.717) is 21.4 Å². The van der Waals surface area contributed by atoms with E-state index >= 15 is 0 Å². The van der Waals surface area contributed by atoms with Gasteiger partial charge in [-0.2, -0.15) is 0 Å². The normalized spacial score (nSPS) is 11.4. The van der Waals surface area contributed by atoms with Crippen molar-refractivity contribution < 1.29 is 14.3 Å². The third-order valence-corrected chi connectivity index (χ3v) is 5.91. The van der Waals surface area contributed by atoms with Gasteiger partial charge in [0.05, 0.1) is 17.9 Å². The van der Waals surface area contributed by atoms with Crippen molar-refractivity contribution in [1.29, 1.82) is 0 Å². The number of anilines is 1. The molecule has 9 heteroatoms. The molecule has 0 bridgehead atoms. The number of thiophene rings is 1. The Labute approximate surface area is 163 Å². The third-order valence-electron chi connectivity index (χ3n) is 3.75. The molecule has 1 N–H and O–H groups in total. The van der Waals surface area contributed by atoms with E-state index in [2.05, 4.69) is 10.3 Å². The largest absolute Gasteiger partial charge is 0.462 e. The van der Waals surface area contributed by atoms with Crippen molar-refractivity contribution in [2.45, 2.75) is 20.8 Å². The summed E-state index contributed by atoms with van der Waals surface area (Å²) in [5, 5.41) is 5.45. The van der Waals surface area contributed by atoms with Gasteiger partial charge in [0.1, 0.15) is 5.00 Å². The Bertz CT molecular complexity index is 1020. The van der Waals surface area contributed by atoms with E-state index < -0.39 is 5.97 Å². The molecule has 3 heterocycles. The van der Waals surface area contributed by atoms with Gasteiger partial charge in [0.2, 0.25) is 5.91 Å². The van der Waals surface area contributed by atoms with Crippen molar-refractivity contribution in [3.63, 3.8) is 0 Å². The van der Waals surface area contributed by atoms with Gasteiger partial charge in [-0.15, -0.1) is 22.7 Å². The van der Waals surface area contributed by atoms with Gasteiger partial charge < -0.3 is 10.1 Å². The van der Waals surface area contributed by atoms with Gasteiger partial charge in [-0.1, -0.05) is 11.6 Å². The highest BCUT2D eigenvalue weighted by Gasteiger charge is 2.21. The predicted molar refractivity (Wildman–Crippen MR) is 105 cm³/mol. The molecule has 0 radical (unpaired) electrons. The van der Waals surface area contributed by atoms with Crippen molar-refractivity contribution in [2.75, 3.05) is 11.9 Å². The number of nitrogens with one attached hydrogen (secondary N) is 1. The Morgan fingerprint density at radius 1 is 1.42 bits per heavy atom. The van der Waals surface area contributed by atoms with E-state index in [0.717, 1.165) is 15.4 Å². The Morgan fingerprint density at radius 3 is 2.92 bits per heavy atom. The third kappa shape index (κ3) is 3.53. The summed E-state index contributed by atoms with van der Waals surface area (Å²) >= 11 is 8.91. The molecule has 26 heavy (non-hydrogen) atoms. The standard InChI is InChI=1S/C17H16ClN3O3S2/c1-4-24-16(23)13-9(2)10(3)26-15(13)19-12(22)6-5-11-14(18)20-17-21(11)7-8-25-17/h5-8H,4H2,1-3H3,(H,19,22)/b6-5+. The Morgan fingerprint density at radius 2 is 2.19 bits per heavy atom. The summed E-state index contributed by atoms with van der Waals surface area (Å²) in [6, 6.07) is 0. The van der Waals surface area contributed by atoms with E-state index in [1.54, 1.807) is 17.4 Å². The summed E-state index contributed by atoms with van der Waals surface area (Å²) in [5.74, 6) is -0.800. The lowest BCUT2D eigenvalue weighted by Gasteiger charge is -2.05. The van der Waals surface area contributed by atoms with E-state index in [4.69, 9.17) is 16.3 Å². The predicted octanol–water partition coefficient (Wildman–Crippen LogP) is 4.56. The van der Waals surface area contributed by atoms with Crippen LogP contribution in [-0.2, 0) is 9.53 Å². The number of aryl methyl sites for hydroxylation is 1. The highest BCUT2D eigenvalue weighted by atomic mass is 35.5. The first-order valence-electron chi connectivity index (χ1n) is 7.79. The average molecular weight is 410 g/mol. The minimum Gasteiger partial charge on any atom is -0.462 e. The maximum Gasteiger partial charge on any atom is 0.341 e. The summed E-state index contributed by atoms with van der Waals surface area (Å²) < 4.78 is 6.89. The number of nitrogens with zero attached hydrogens (tertiary/aromatic N) is 2. The van der Waals surface area contributed by atoms with Crippen LogP contribution in [-0.4, -0.2) is 27.9 Å². The number of hydrogen-bond acceptors (Lipinski definition) is 6. The van der Waals surface area contributed by atoms with Crippen LogP contribution in [0.25, 0.3) is 11.0 Å². The first-order valence-corrected chi connectivity index (χ1v) is 9.87. The zero-order valence-electron chi connectivity index (χ0n) is 14.3. The number of halogens is 1. The number of fused-ring (bicyclic) bond motifs is 1. The summed E-state index contributed by atoms with van der Waals surface area (Å²) in [6.07, 6.45) is 4.80. The molecule has 136 valence electrons. The maximum absolute atomic E-state index is 12.3. The summed E-state index contributed by atoms with van der Waals surface area (Å²) in [7, 11) is 0. The maximum atomic E-state index is 12.3. The molecule has 1 amide bonds.